The lowest BCUT2D eigenvalue weighted by atomic mass is 10.2. The highest BCUT2D eigenvalue weighted by molar-refractivity contribution is 5.74. The Bertz CT molecular complexity index is 658. The van der Waals surface area contributed by atoms with Crippen molar-refractivity contribution in [3.63, 3.8) is 0 Å². The van der Waals surface area contributed by atoms with Gasteiger partial charge >= 0.3 is 0 Å². The third-order valence-electron chi connectivity index (χ3n) is 3.87. The van der Waals surface area contributed by atoms with Crippen LogP contribution in [-0.2, 0) is 35.8 Å². The summed E-state index contributed by atoms with van der Waals surface area (Å²) in [6, 6.07) is 8.13. The topological polar surface area (TPSA) is 66.0 Å². The van der Waals surface area contributed by atoms with Crippen LogP contribution in [0.25, 0.3) is 0 Å². The van der Waals surface area contributed by atoms with E-state index in [1.165, 1.54) is 11.1 Å². The molecule has 2 rings (SSSR count). The van der Waals surface area contributed by atoms with Crippen LogP contribution >= 0.6 is 0 Å². The second kappa shape index (κ2) is 14.2. The maximum atomic E-state index is 11.1. The van der Waals surface area contributed by atoms with Crippen LogP contribution in [0, 0.1) is 0 Å². The summed E-state index contributed by atoms with van der Waals surface area (Å²) >= 11 is 0. The van der Waals surface area contributed by atoms with Gasteiger partial charge in [-0.05, 0) is 11.1 Å². The molecule has 2 aromatic rings. The van der Waals surface area contributed by atoms with Crippen LogP contribution in [0.1, 0.15) is 25.0 Å². The van der Waals surface area contributed by atoms with E-state index in [4.69, 9.17) is 0 Å². The molecule has 0 saturated carbocycles. The average Bonchev–Trinajstić information content (AvgIpc) is 2.60. The van der Waals surface area contributed by atoms with Crippen molar-refractivity contribution in [1.82, 2.24) is 10.6 Å². The Morgan fingerprint density at radius 3 is 1.32 bits per heavy atom. The summed E-state index contributed by atoms with van der Waals surface area (Å²) in [5, 5.41) is 6.80. The first-order valence-corrected chi connectivity index (χ1v) is 8.89. The number of aromatic nitrogens is 2. The van der Waals surface area contributed by atoms with Gasteiger partial charge in [-0.3, -0.25) is 9.59 Å². The van der Waals surface area contributed by atoms with Gasteiger partial charge in [-0.25, -0.2) is 0 Å². The molecule has 2 aromatic heterocycles. The van der Waals surface area contributed by atoms with Gasteiger partial charge in [0.05, 0.1) is 0 Å². The molecule has 28 heavy (non-hydrogen) atoms. The van der Waals surface area contributed by atoms with E-state index in [2.05, 4.69) is 10.6 Å². The normalized spacial score (nSPS) is 9.93. The van der Waals surface area contributed by atoms with E-state index >= 15 is 0 Å². The summed E-state index contributed by atoms with van der Waals surface area (Å²) in [6.45, 7) is 7.39. The van der Waals surface area contributed by atoms with Crippen LogP contribution < -0.4 is 44.6 Å². The minimum atomic E-state index is 0. The van der Waals surface area contributed by atoms with Crippen molar-refractivity contribution in [2.75, 3.05) is 13.1 Å². The predicted octanol–water partition coefficient (Wildman–Crippen LogP) is -5.67. The number of nitrogens with zero attached hydrogens (tertiary/aromatic N) is 2. The van der Waals surface area contributed by atoms with E-state index in [9.17, 15) is 9.59 Å². The first-order valence-electron chi connectivity index (χ1n) is 8.89. The third-order valence-corrected chi connectivity index (χ3v) is 3.87. The molecule has 6 nitrogen and oxygen atoms in total. The van der Waals surface area contributed by atoms with Gasteiger partial charge in [-0.2, -0.15) is 9.13 Å². The van der Waals surface area contributed by atoms with Crippen molar-refractivity contribution < 1.29 is 43.5 Å². The Hall–Kier alpha value is -1.86. The molecular weight excluding hydrogens is 399 g/mol. The van der Waals surface area contributed by atoms with Gasteiger partial charge in [0.1, 0.15) is 0 Å². The summed E-state index contributed by atoms with van der Waals surface area (Å²) in [7, 11) is 0. The molecule has 0 bridgehead atoms. The molecule has 0 aliphatic heterocycles. The zero-order valence-corrected chi connectivity index (χ0v) is 17.8. The van der Waals surface area contributed by atoms with Crippen molar-refractivity contribution >= 4 is 11.6 Å². The number of hydrogen-bond donors (Lipinski definition) is 2. The molecule has 0 fully saturated rings. The Labute approximate surface area is 179 Å². The maximum absolute atomic E-state index is 11.1. The number of pyridine rings is 2. The van der Waals surface area contributed by atoms with Crippen LogP contribution in [0.15, 0.2) is 49.1 Å². The van der Waals surface area contributed by atoms with Gasteiger partial charge in [0.25, 0.3) is 0 Å². The monoisotopic (exact) mass is 426 g/mol. The fourth-order valence-corrected chi connectivity index (χ4v) is 2.58. The van der Waals surface area contributed by atoms with Crippen molar-refractivity contribution in [2.24, 2.45) is 0 Å². The van der Waals surface area contributed by atoms with E-state index in [-0.39, 0.29) is 36.4 Å². The molecule has 0 amide bonds. The van der Waals surface area contributed by atoms with Gasteiger partial charge in [0, 0.05) is 64.3 Å². The number of ketones is 2. The Morgan fingerprint density at radius 1 is 0.714 bits per heavy atom. The second-order valence-corrected chi connectivity index (χ2v) is 6.52. The zero-order chi connectivity index (χ0) is 18.8. The summed E-state index contributed by atoms with van der Waals surface area (Å²) in [6.07, 6.45) is 7.74. The van der Waals surface area contributed by atoms with Crippen LogP contribution in [-0.4, -0.2) is 24.7 Å². The molecule has 0 aromatic carbocycles. The number of carbonyl (C=O) groups excluding carboxylic acids is 2. The Kier molecular flexibility index (Phi) is 13.2. The number of halogens is 2. The average molecular weight is 427 g/mol. The van der Waals surface area contributed by atoms with Crippen molar-refractivity contribution in [2.45, 2.75) is 40.0 Å². The summed E-state index contributed by atoms with van der Waals surface area (Å²) < 4.78 is 3.76. The first-order chi connectivity index (χ1) is 12.5. The largest absolute Gasteiger partial charge is 1.00 e. The van der Waals surface area contributed by atoms with E-state index in [0.717, 1.165) is 26.2 Å². The van der Waals surface area contributed by atoms with Crippen LogP contribution in [0.5, 0.6) is 0 Å². The molecule has 2 N–H and O–H groups in total. The van der Waals surface area contributed by atoms with Gasteiger partial charge in [-0.15, -0.1) is 0 Å². The molecule has 0 radical (unpaired) electrons. The predicted molar refractivity (Wildman–Crippen MR) is 98.0 cm³/mol. The molecule has 0 spiro atoms. The molecular formula is C20H28Cl2N4O2. The van der Waals surface area contributed by atoms with E-state index in [1.54, 1.807) is 13.8 Å². The first kappa shape index (κ1) is 26.1. The van der Waals surface area contributed by atoms with Crippen molar-refractivity contribution in [3.05, 3.63) is 60.2 Å². The third kappa shape index (κ3) is 10.5. The van der Waals surface area contributed by atoms with Gasteiger partial charge in [0.15, 0.2) is 36.4 Å². The smallest absolute Gasteiger partial charge is 0.206 e. The van der Waals surface area contributed by atoms with Crippen LogP contribution in [0.4, 0.5) is 0 Å². The fourth-order valence-electron chi connectivity index (χ4n) is 2.58. The molecule has 0 unspecified atom stereocenters. The zero-order valence-electron chi connectivity index (χ0n) is 16.3. The van der Waals surface area contributed by atoms with Crippen LogP contribution in [0.3, 0.4) is 0 Å². The SMILES string of the molecule is CC(=O)C[n+]1ccc(CNCCNCc2cc[n+](CC(C)=O)cc2)cc1.[Cl-].[Cl-]. The summed E-state index contributed by atoms with van der Waals surface area (Å²) in [4.78, 5) is 22.2. The second-order valence-electron chi connectivity index (χ2n) is 6.52. The molecule has 0 atom stereocenters. The molecule has 0 aliphatic carbocycles. The van der Waals surface area contributed by atoms with Crippen molar-refractivity contribution in [3.8, 4) is 0 Å². The van der Waals surface area contributed by atoms with Gasteiger partial charge in [-0.1, -0.05) is 0 Å². The van der Waals surface area contributed by atoms with Gasteiger partial charge in [0.2, 0.25) is 13.1 Å². The van der Waals surface area contributed by atoms with E-state index in [0.29, 0.717) is 13.1 Å². The van der Waals surface area contributed by atoms with Crippen LogP contribution in [0.2, 0.25) is 0 Å². The van der Waals surface area contributed by atoms with E-state index < -0.39 is 0 Å². The fraction of sp³-hybridized carbons (Fsp3) is 0.400. The molecule has 154 valence electrons. The lowest BCUT2D eigenvalue weighted by Crippen LogP contribution is -3.00. The number of carbonyl (C=O) groups is 2. The standard InChI is InChI=1S/C20H28N4O2.2ClH/c1-17(25)15-23-9-3-19(4-10-23)13-21-7-8-22-14-20-5-11-24(12-6-20)16-18(2)26;;/h3-6,9-12,21-22H,7-8,13-16H2,1-2H3;2*1H/q+2;;/p-2. The maximum Gasteiger partial charge on any atom is 0.206 e. The number of hydrogen-bond acceptors (Lipinski definition) is 4. The lowest BCUT2D eigenvalue weighted by molar-refractivity contribution is -0.684. The lowest BCUT2D eigenvalue weighted by Gasteiger charge is -2.06. The minimum Gasteiger partial charge on any atom is -1.00 e. The molecule has 0 saturated heterocycles. The molecule has 8 heteroatoms. The Balaban J connectivity index is 0.00000364. The number of Topliss-reactive ketones (excluding diaryl/α,β-unsaturated/α-hetero) is 2. The number of nitrogens with one attached hydrogen (secondary N) is 2. The molecule has 2 heterocycles. The van der Waals surface area contributed by atoms with Crippen molar-refractivity contribution in [1.29, 1.82) is 0 Å². The quantitative estimate of drug-likeness (QED) is 0.277. The highest BCUT2D eigenvalue weighted by Crippen LogP contribution is 1.95. The summed E-state index contributed by atoms with van der Waals surface area (Å²) in [5.74, 6) is 0.304. The van der Waals surface area contributed by atoms with E-state index in [1.807, 2.05) is 58.2 Å². The summed E-state index contributed by atoms with van der Waals surface area (Å²) in [5.41, 5.74) is 2.39. The minimum absolute atomic E-state index is 0. The Morgan fingerprint density at radius 2 is 1.04 bits per heavy atom. The highest BCUT2D eigenvalue weighted by Gasteiger charge is 2.05. The highest BCUT2D eigenvalue weighted by atomic mass is 35.5. The number of rotatable bonds is 11. The van der Waals surface area contributed by atoms with Gasteiger partial charge < -0.3 is 35.4 Å². The molecule has 0 aliphatic rings.